The van der Waals surface area contributed by atoms with Crippen molar-refractivity contribution in [2.24, 2.45) is 0 Å². The lowest BCUT2D eigenvalue weighted by molar-refractivity contribution is -0.120. The molecule has 2 saturated heterocycles. The Morgan fingerprint density at radius 2 is 1.95 bits per heavy atom. The fourth-order valence-electron chi connectivity index (χ4n) is 2.39. The van der Waals surface area contributed by atoms with E-state index >= 15 is 0 Å². The van der Waals surface area contributed by atoms with Crippen LogP contribution in [0.25, 0.3) is 0 Å². The van der Waals surface area contributed by atoms with Gasteiger partial charge < -0.3 is 4.90 Å². The van der Waals surface area contributed by atoms with Crippen LogP contribution in [0.1, 0.15) is 6.92 Å². The number of fused-ring (bicyclic) bond motifs is 1. The molecule has 1 atom stereocenters. The molecule has 0 saturated carbocycles. The van der Waals surface area contributed by atoms with E-state index in [2.05, 4.69) is 0 Å². The molecule has 0 aromatic heterocycles. The van der Waals surface area contributed by atoms with E-state index in [0.717, 1.165) is 12.3 Å². The number of hydrogen-bond acceptors (Lipinski definition) is 3. The smallest absolute Gasteiger partial charge is 0.269 e. The Hall–Kier alpha value is -0.490. The van der Waals surface area contributed by atoms with Gasteiger partial charge in [-0.05, 0) is 37.3 Å². The molecule has 2 aliphatic heterocycles. The molecular formula is C12H10Cl2N2OS2. The molecule has 3 rings (SSSR count). The second-order valence-electron chi connectivity index (χ2n) is 4.53. The van der Waals surface area contributed by atoms with Gasteiger partial charge in [-0.15, -0.1) is 11.8 Å². The SMILES string of the molecule is CC12SCCN1C(=S)N(c1cc(Cl)cc(Cl)c1)C2=O. The Morgan fingerprint density at radius 1 is 1.32 bits per heavy atom. The fourth-order valence-corrected chi connectivity index (χ4v) is 4.65. The first-order chi connectivity index (χ1) is 8.93. The first-order valence-electron chi connectivity index (χ1n) is 5.70. The molecule has 7 heteroatoms. The number of amides is 1. The minimum absolute atomic E-state index is 0.0293. The predicted molar refractivity (Wildman–Crippen MR) is 84.1 cm³/mol. The summed E-state index contributed by atoms with van der Waals surface area (Å²) >= 11 is 19.0. The number of rotatable bonds is 1. The van der Waals surface area contributed by atoms with Crippen LogP contribution >= 0.6 is 47.2 Å². The zero-order valence-corrected chi connectivity index (χ0v) is 13.2. The fraction of sp³-hybridized carbons (Fsp3) is 0.333. The highest BCUT2D eigenvalue weighted by Gasteiger charge is 2.55. The Bertz CT molecular complexity index is 575. The standard InChI is InChI=1S/C12H10Cl2N2OS2/c1-12-10(17)16(11(18)15(12)2-3-19-12)9-5-7(13)4-8(14)6-9/h4-6H,2-3H2,1H3. The van der Waals surface area contributed by atoms with Gasteiger partial charge in [0.05, 0.1) is 5.69 Å². The van der Waals surface area contributed by atoms with Crippen LogP contribution in [0.15, 0.2) is 18.2 Å². The number of carbonyl (C=O) groups excluding carboxylic acids is 1. The number of thiocarbonyl (C=S) groups is 1. The van der Waals surface area contributed by atoms with Crippen molar-refractivity contribution in [2.45, 2.75) is 11.8 Å². The van der Waals surface area contributed by atoms with Gasteiger partial charge in [-0.2, -0.15) is 0 Å². The van der Waals surface area contributed by atoms with Crippen LogP contribution in [0, 0.1) is 0 Å². The van der Waals surface area contributed by atoms with Crippen LogP contribution in [0.4, 0.5) is 5.69 Å². The quantitative estimate of drug-likeness (QED) is 0.735. The van der Waals surface area contributed by atoms with Crippen molar-refractivity contribution < 1.29 is 4.79 Å². The van der Waals surface area contributed by atoms with Crippen LogP contribution in [0.2, 0.25) is 10.0 Å². The molecule has 0 spiro atoms. The van der Waals surface area contributed by atoms with E-state index in [0.29, 0.717) is 20.8 Å². The van der Waals surface area contributed by atoms with Crippen molar-refractivity contribution in [3.63, 3.8) is 0 Å². The maximum atomic E-state index is 12.6. The summed E-state index contributed by atoms with van der Waals surface area (Å²) in [4.78, 5) is 15.5. The summed E-state index contributed by atoms with van der Waals surface area (Å²) in [6.45, 7) is 2.70. The van der Waals surface area contributed by atoms with Crippen molar-refractivity contribution in [3.8, 4) is 0 Å². The number of nitrogens with zero attached hydrogens (tertiary/aromatic N) is 2. The van der Waals surface area contributed by atoms with E-state index in [1.165, 1.54) is 4.90 Å². The number of hydrogen-bond donors (Lipinski definition) is 0. The molecule has 0 bridgehead atoms. The number of thioether (sulfide) groups is 1. The van der Waals surface area contributed by atoms with E-state index in [1.54, 1.807) is 30.0 Å². The zero-order valence-electron chi connectivity index (χ0n) is 10.0. The summed E-state index contributed by atoms with van der Waals surface area (Å²) < 4.78 is 0. The number of anilines is 1. The maximum absolute atomic E-state index is 12.6. The third-order valence-electron chi connectivity index (χ3n) is 3.34. The molecule has 0 aliphatic carbocycles. The summed E-state index contributed by atoms with van der Waals surface area (Å²) in [5, 5.41) is 1.50. The molecule has 1 unspecified atom stereocenters. The lowest BCUT2D eigenvalue weighted by atomic mass is 10.2. The molecule has 2 heterocycles. The molecule has 1 amide bonds. The average Bonchev–Trinajstić information content (AvgIpc) is 2.77. The van der Waals surface area contributed by atoms with Gasteiger partial charge in [0.25, 0.3) is 5.91 Å². The minimum Gasteiger partial charge on any atom is -0.325 e. The molecule has 2 aliphatic rings. The van der Waals surface area contributed by atoms with Crippen molar-refractivity contribution in [3.05, 3.63) is 28.2 Å². The van der Waals surface area contributed by atoms with Gasteiger partial charge in [-0.25, -0.2) is 0 Å². The topological polar surface area (TPSA) is 23.6 Å². The van der Waals surface area contributed by atoms with Crippen molar-refractivity contribution >= 4 is 63.9 Å². The lowest BCUT2D eigenvalue weighted by Gasteiger charge is -2.22. The second-order valence-corrected chi connectivity index (χ2v) is 7.26. The van der Waals surface area contributed by atoms with Crippen molar-refractivity contribution in [1.29, 1.82) is 0 Å². The van der Waals surface area contributed by atoms with Crippen molar-refractivity contribution in [1.82, 2.24) is 4.90 Å². The first-order valence-corrected chi connectivity index (χ1v) is 7.85. The Morgan fingerprint density at radius 3 is 2.53 bits per heavy atom. The highest BCUT2D eigenvalue weighted by Crippen LogP contribution is 2.44. The summed E-state index contributed by atoms with van der Waals surface area (Å²) in [5.74, 6) is 0.880. The van der Waals surface area contributed by atoms with Crippen LogP contribution in [-0.4, -0.2) is 33.1 Å². The molecule has 0 radical (unpaired) electrons. The Balaban J connectivity index is 2.07. The van der Waals surface area contributed by atoms with Crippen molar-refractivity contribution in [2.75, 3.05) is 17.2 Å². The van der Waals surface area contributed by atoms with Crippen LogP contribution in [0.5, 0.6) is 0 Å². The van der Waals surface area contributed by atoms with E-state index in [1.807, 2.05) is 11.8 Å². The normalized spacial score (nSPS) is 26.3. The van der Waals surface area contributed by atoms with Crippen LogP contribution < -0.4 is 4.90 Å². The maximum Gasteiger partial charge on any atom is 0.269 e. The molecule has 0 N–H and O–H groups in total. The Kier molecular flexibility index (Phi) is 3.21. The monoisotopic (exact) mass is 332 g/mol. The van der Waals surface area contributed by atoms with Gasteiger partial charge in [0.1, 0.15) is 0 Å². The largest absolute Gasteiger partial charge is 0.325 e. The molecular weight excluding hydrogens is 323 g/mol. The van der Waals surface area contributed by atoms with E-state index in [9.17, 15) is 4.79 Å². The van der Waals surface area contributed by atoms with Crippen LogP contribution in [-0.2, 0) is 4.79 Å². The molecule has 1 aromatic rings. The third kappa shape index (κ3) is 1.95. The summed E-state index contributed by atoms with van der Waals surface area (Å²) in [5.41, 5.74) is 0.628. The number of halogens is 2. The van der Waals surface area contributed by atoms with Gasteiger partial charge in [0.15, 0.2) is 9.98 Å². The highest BCUT2D eigenvalue weighted by atomic mass is 35.5. The highest BCUT2D eigenvalue weighted by molar-refractivity contribution is 8.01. The predicted octanol–water partition coefficient (Wildman–Crippen LogP) is 3.39. The minimum atomic E-state index is -0.591. The average molecular weight is 333 g/mol. The summed E-state index contributed by atoms with van der Waals surface area (Å²) in [7, 11) is 0. The number of carbonyl (C=O) groups is 1. The number of benzene rings is 1. The van der Waals surface area contributed by atoms with Gasteiger partial charge in [0, 0.05) is 22.3 Å². The Labute approximate surface area is 130 Å². The molecule has 19 heavy (non-hydrogen) atoms. The summed E-state index contributed by atoms with van der Waals surface area (Å²) in [6.07, 6.45) is 0. The second kappa shape index (κ2) is 4.52. The van der Waals surface area contributed by atoms with Gasteiger partial charge in [-0.3, -0.25) is 9.69 Å². The molecule has 2 fully saturated rings. The van der Waals surface area contributed by atoms with Gasteiger partial charge in [0.2, 0.25) is 0 Å². The third-order valence-corrected chi connectivity index (χ3v) is 5.52. The zero-order chi connectivity index (χ0) is 13.8. The van der Waals surface area contributed by atoms with Crippen LogP contribution in [0.3, 0.4) is 0 Å². The van der Waals surface area contributed by atoms with Gasteiger partial charge in [-0.1, -0.05) is 23.2 Å². The molecule has 3 nitrogen and oxygen atoms in total. The van der Waals surface area contributed by atoms with E-state index < -0.39 is 4.87 Å². The lowest BCUT2D eigenvalue weighted by Crippen LogP contribution is -2.39. The summed E-state index contributed by atoms with van der Waals surface area (Å²) in [6, 6.07) is 5.04. The van der Waals surface area contributed by atoms with E-state index in [4.69, 9.17) is 35.4 Å². The molecule has 1 aromatic carbocycles. The van der Waals surface area contributed by atoms with Gasteiger partial charge >= 0.3 is 0 Å². The van der Waals surface area contributed by atoms with E-state index in [-0.39, 0.29) is 5.91 Å². The first kappa shape index (κ1) is 13.5. The molecule has 100 valence electrons.